The van der Waals surface area contributed by atoms with E-state index in [4.69, 9.17) is 0 Å². The molecule has 0 amide bonds. The summed E-state index contributed by atoms with van der Waals surface area (Å²) in [6.45, 7) is 1.53. The second kappa shape index (κ2) is 6.27. The zero-order chi connectivity index (χ0) is 15.5. The van der Waals surface area contributed by atoms with Gasteiger partial charge in [0.15, 0.2) is 0 Å². The van der Waals surface area contributed by atoms with E-state index in [0.717, 1.165) is 31.3 Å². The molecule has 4 heteroatoms. The Bertz CT molecular complexity index is 701. The lowest BCUT2D eigenvalue weighted by atomic mass is 10.2. The minimum Gasteiger partial charge on any atom is -0.379 e. The van der Waals surface area contributed by atoms with Gasteiger partial charge in [-0.3, -0.25) is 4.90 Å². The molecule has 2 nitrogen and oxygen atoms in total. The second-order valence-electron chi connectivity index (χ2n) is 5.35. The highest BCUT2D eigenvalue weighted by Crippen LogP contribution is 2.23. The van der Waals surface area contributed by atoms with Crippen LogP contribution in [0.15, 0.2) is 48.5 Å². The first-order valence-corrected chi connectivity index (χ1v) is 7.05. The average molecular weight is 299 g/mol. The van der Waals surface area contributed by atoms with Gasteiger partial charge in [-0.15, -0.1) is 0 Å². The Hall–Kier alpha value is -2.22. The first-order valence-electron chi connectivity index (χ1n) is 7.05. The Morgan fingerprint density at radius 2 is 1.82 bits per heavy atom. The molecule has 0 aliphatic carbocycles. The predicted octanol–water partition coefficient (Wildman–Crippen LogP) is 2.56. The zero-order valence-electron chi connectivity index (χ0n) is 11.8. The van der Waals surface area contributed by atoms with Crippen molar-refractivity contribution in [1.29, 1.82) is 0 Å². The summed E-state index contributed by atoms with van der Waals surface area (Å²) in [5.74, 6) is 3.95. The van der Waals surface area contributed by atoms with Crippen LogP contribution in [0, 0.1) is 23.5 Å². The minimum atomic E-state index is -0.824. The van der Waals surface area contributed by atoms with Gasteiger partial charge >= 0.3 is 0 Å². The van der Waals surface area contributed by atoms with Gasteiger partial charge in [-0.05, 0) is 17.7 Å². The van der Waals surface area contributed by atoms with Crippen LogP contribution in [0.3, 0.4) is 0 Å². The number of aliphatic hydroxyl groups is 1. The maximum atomic E-state index is 13.0. The molecule has 1 aliphatic rings. The van der Waals surface area contributed by atoms with Crippen LogP contribution in [0.4, 0.5) is 8.78 Å². The van der Waals surface area contributed by atoms with Crippen molar-refractivity contribution in [3.63, 3.8) is 0 Å². The van der Waals surface area contributed by atoms with Gasteiger partial charge in [-0.2, -0.15) is 0 Å². The molecule has 3 unspecified atom stereocenters. The van der Waals surface area contributed by atoms with Gasteiger partial charge in [-0.1, -0.05) is 42.2 Å². The Morgan fingerprint density at radius 3 is 2.50 bits per heavy atom. The lowest BCUT2D eigenvalue weighted by Crippen LogP contribution is -2.17. The van der Waals surface area contributed by atoms with E-state index in [-0.39, 0.29) is 11.6 Å². The van der Waals surface area contributed by atoms with Gasteiger partial charge in [-0.25, -0.2) is 8.78 Å². The molecule has 3 atom stereocenters. The van der Waals surface area contributed by atoms with E-state index in [1.165, 1.54) is 5.56 Å². The highest BCUT2D eigenvalue weighted by atomic mass is 19.1. The third-order valence-electron chi connectivity index (χ3n) is 3.58. The summed E-state index contributed by atoms with van der Waals surface area (Å²) in [6.07, 6.45) is -0.824. The van der Waals surface area contributed by atoms with Crippen LogP contribution in [0.25, 0.3) is 0 Å². The van der Waals surface area contributed by atoms with E-state index < -0.39 is 17.7 Å². The molecule has 112 valence electrons. The van der Waals surface area contributed by atoms with Gasteiger partial charge in [0, 0.05) is 24.7 Å². The average Bonchev–Trinajstić information content (AvgIpc) is 3.24. The highest BCUT2D eigenvalue weighted by molar-refractivity contribution is 5.36. The fraction of sp³-hybridized carbons (Fsp3) is 0.222. The molecule has 0 aromatic heterocycles. The Labute approximate surface area is 128 Å². The second-order valence-corrected chi connectivity index (χ2v) is 5.35. The van der Waals surface area contributed by atoms with Gasteiger partial charge < -0.3 is 5.11 Å². The molecular weight excluding hydrogens is 284 g/mol. The Balaban J connectivity index is 1.60. The number of nitrogens with zero attached hydrogens (tertiary/aromatic N) is 1. The number of hydrogen-bond acceptors (Lipinski definition) is 2. The van der Waals surface area contributed by atoms with Crippen LogP contribution in [-0.2, 0) is 6.54 Å². The lowest BCUT2D eigenvalue weighted by Gasteiger charge is -2.05. The minimum absolute atomic E-state index is 0.0221. The number of benzene rings is 2. The van der Waals surface area contributed by atoms with E-state index in [1.807, 2.05) is 30.3 Å². The first kappa shape index (κ1) is 14.7. The maximum absolute atomic E-state index is 13.0. The normalized spacial score (nSPS) is 20.9. The van der Waals surface area contributed by atoms with Crippen molar-refractivity contribution in [2.75, 3.05) is 6.54 Å². The third-order valence-corrected chi connectivity index (χ3v) is 3.58. The largest absolute Gasteiger partial charge is 0.379 e. The number of aliphatic hydroxyl groups excluding tert-OH is 1. The summed E-state index contributed by atoms with van der Waals surface area (Å²) in [5, 5.41) is 10.0. The summed E-state index contributed by atoms with van der Waals surface area (Å²) in [4.78, 5) is 2.10. The van der Waals surface area contributed by atoms with E-state index in [0.29, 0.717) is 0 Å². The first-order chi connectivity index (χ1) is 10.6. The summed E-state index contributed by atoms with van der Waals surface area (Å²) in [5.41, 5.74) is 1.41. The fourth-order valence-corrected chi connectivity index (χ4v) is 2.37. The van der Waals surface area contributed by atoms with Crippen LogP contribution < -0.4 is 0 Å². The van der Waals surface area contributed by atoms with Crippen molar-refractivity contribution in [3.8, 4) is 11.8 Å². The molecule has 0 radical (unpaired) electrons. The quantitative estimate of drug-likeness (QED) is 0.695. The smallest absolute Gasteiger partial charge is 0.131 e. The SMILES string of the molecule is OC(C#Cc1cc(F)cc(F)c1)C1CN1Cc1ccccc1. The van der Waals surface area contributed by atoms with Gasteiger partial charge in [0.05, 0.1) is 6.04 Å². The van der Waals surface area contributed by atoms with Gasteiger partial charge in [0.25, 0.3) is 0 Å². The van der Waals surface area contributed by atoms with Crippen LogP contribution in [0.1, 0.15) is 11.1 Å². The number of hydrogen-bond donors (Lipinski definition) is 1. The standard InChI is InChI=1S/C18H15F2NO/c19-15-8-14(9-16(20)10-15)6-7-18(22)17-12-21(17)11-13-4-2-1-3-5-13/h1-5,8-10,17-18,22H,11-12H2. The lowest BCUT2D eigenvalue weighted by molar-refractivity contribution is 0.209. The van der Waals surface area contributed by atoms with E-state index in [2.05, 4.69) is 16.7 Å². The topological polar surface area (TPSA) is 23.2 Å². The molecule has 1 saturated heterocycles. The highest BCUT2D eigenvalue weighted by Gasteiger charge is 2.38. The number of halogens is 2. The number of rotatable bonds is 3. The molecule has 22 heavy (non-hydrogen) atoms. The Kier molecular flexibility index (Phi) is 4.19. The van der Waals surface area contributed by atoms with Crippen molar-refractivity contribution < 1.29 is 13.9 Å². The van der Waals surface area contributed by atoms with Crippen LogP contribution in [-0.4, -0.2) is 28.7 Å². The predicted molar refractivity (Wildman–Crippen MR) is 79.9 cm³/mol. The molecule has 0 spiro atoms. The van der Waals surface area contributed by atoms with Crippen molar-refractivity contribution in [1.82, 2.24) is 4.90 Å². The summed E-state index contributed by atoms with van der Waals surface area (Å²) < 4.78 is 26.1. The summed E-state index contributed by atoms with van der Waals surface area (Å²) >= 11 is 0. The molecule has 3 rings (SSSR count). The van der Waals surface area contributed by atoms with Crippen molar-refractivity contribution in [2.24, 2.45) is 0 Å². The third kappa shape index (κ3) is 3.70. The van der Waals surface area contributed by atoms with Crippen molar-refractivity contribution in [2.45, 2.75) is 18.7 Å². The van der Waals surface area contributed by atoms with E-state index >= 15 is 0 Å². The van der Waals surface area contributed by atoms with Gasteiger partial charge in [0.2, 0.25) is 0 Å². The molecule has 2 aromatic carbocycles. The van der Waals surface area contributed by atoms with Crippen molar-refractivity contribution in [3.05, 3.63) is 71.3 Å². The Morgan fingerprint density at radius 1 is 1.14 bits per heavy atom. The monoisotopic (exact) mass is 299 g/mol. The molecule has 0 saturated carbocycles. The molecule has 1 heterocycles. The van der Waals surface area contributed by atoms with E-state index in [9.17, 15) is 13.9 Å². The fourth-order valence-electron chi connectivity index (χ4n) is 2.37. The molecule has 1 fully saturated rings. The zero-order valence-corrected chi connectivity index (χ0v) is 11.8. The molecular formula is C18H15F2NO. The van der Waals surface area contributed by atoms with E-state index in [1.54, 1.807) is 0 Å². The van der Waals surface area contributed by atoms with Crippen molar-refractivity contribution >= 4 is 0 Å². The van der Waals surface area contributed by atoms with Gasteiger partial charge in [0.1, 0.15) is 17.7 Å². The molecule has 1 N–H and O–H groups in total. The maximum Gasteiger partial charge on any atom is 0.131 e. The summed E-state index contributed by atoms with van der Waals surface area (Å²) in [6, 6.07) is 13.0. The molecule has 2 aromatic rings. The van der Waals surface area contributed by atoms with Crippen LogP contribution in [0.5, 0.6) is 0 Å². The summed E-state index contributed by atoms with van der Waals surface area (Å²) in [7, 11) is 0. The van der Waals surface area contributed by atoms with Crippen LogP contribution in [0.2, 0.25) is 0 Å². The van der Waals surface area contributed by atoms with Crippen LogP contribution >= 0.6 is 0 Å². The molecule has 1 aliphatic heterocycles. The molecule has 0 bridgehead atoms.